The predicted octanol–water partition coefficient (Wildman–Crippen LogP) is 3.82. The fraction of sp³-hybridized carbons (Fsp3) is 0.696. The van der Waals surface area contributed by atoms with E-state index in [1.165, 1.54) is 44.9 Å². The van der Waals surface area contributed by atoms with E-state index in [1.807, 2.05) is 12.3 Å². The molecule has 1 aromatic heterocycles. The third-order valence-corrected chi connectivity index (χ3v) is 5.81. The molecule has 1 aromatic rings. The molecule has 0 atom stereocenters. The quantitative estimate of drug-likeness (QED) is 0.161. The van der Waals surface area contributed by atoms with Crippen LogP contribution in [-0.2, 0) is 11.3 Å². The number of primary amides is 1. The first-order valence-electron chi connectivity index (χ1n) is 11.6. The summed E-state index contributed by atoms with van der Waals surface area (Å²) >= 11 is 0. The van der Waals surface area contributed by atoms with Crippen molar-refractivity contribution in [2.24, 2.45) is 16.6 Å². The van der Waals surface area contributed by atoms with Gasteiger partial charge in [-0.25, -0.2) is 4.98 Å². The highest BCUT2D eigenvalue weighted by molar-refractivity contribution is 14.0. The molecule has 1 saturated heterocycles. The summed E-state index contributed by atoms with van der Waals surface area (Å²) in [5.41, 5.74) is 6.59. The fourth-order valence-electron chi connectivity index (χ4n) is 3.92. The highest BCUT2D eigenvalue weighted by Crippen LogP contribution is 2.24. The lowest BCUT2D eigenvalue weighted by molar-refractivity contribution is -0.122. The molecule has 1 aliphatic heterocycles. The minimum absolute atomic E-state index is 0. The minimum atomic E-state index is -0.187. The van der Waals surface area contributed by atoms with Gasteiger partial charge in [-0.2, -0.15) is 0 Å². The standard InChI is InChI=1S/C23H40N6O.HI/c1-3-4-5-6-7-8-9-14-27-23(25-2)28-18-20-11-10-15-26-22(20)29-16-12-19(13-17-29)21(24)30;/h10-11,15,19H,3-9,12-14,16-18H2,1-2H3,(H2,24,30)(H2,25,27,28);1H. The Hall–Kier alpha value is -1.58. The number of pyridine rings is 1. The van der Waals surface area contributed by atoms with Crippen LogP contribution in [-0.4, -0.2) is 43.5 Å². The number of carbonyl (C=O) groups is 1. The van der Waals surface area contributed by atoms with Gasteiger partial charge in [0.05, 0.1) is 0 Å². The Balaban J connectivity index is 0.00000480. The molecule has 2 heterocycles. The molecule has 1 aliphatic rings. The van der Waals surface area contributed by atoms with Crippen LogP contribution in [0.3, 0.4) is 0 Å². The Bertz CT molecular complexity index is 661. The number of hydrogen-bond acceptors (Lipinski definition) is 4. The van der Waals surface area contributed by atoms with Crippen LogP contribution in [0.2, 0.25) is 0 Å². The van der Waals surface area contributed by atoms with Crippen LogP contribution in [0.25, 0.3) is 0 Å². The molecule has 0 saturated carbocycles. The number of nitrogens with one attached hydrogen (secondary N) is 2. The van der Waals surface area contributed by atoms with Gasteiger partial charge < -0.3 is 21.3 Å². The monoisotopic (exact) mass is 544 g/mol. The number of nitrogens with two attached hydrogens (primary N) is 1. The number of amides is 1. The second-order valence-electron chi connectivity index (χ2n) is 8.12. The SMILES string of the molecule is CCCCCCCCCNC(=NC)NCc1cccnc1N1CCC(C(N)=O)CC1.I. The summed E-state index contributed by atoms with van der Waals surface area (Å²) in [6, 6.07) is 4.06. The van der Waals surface area contributed by atoms with Gasteiger partial charge >= 0.3 is 0 Å². The summed E-state index contributed by atoms with van der Waals surface area (Å²) < 4.78 is 0. The van der Waals surface area contributed by atoms with Crippen LogP contribution < -0.4 is 21.3 Å². The molecular formula is C23H41IN6O. The Morgan fingerprint density at radius 1 is 1.16 bits per heavy atom. The smallest absolute Gasteiger partial charge is 0.220 e. The maximum Gasteiger partial charge on any atom is 0.220 e. The minimum Gasteiger partial charge on any atom is -0.369 e. The number of rotatable bonds is 12. The average molecular weight is 545 g/mol. The normalized spacial score (nSPS) is 14.8. The van der Waals surface area contributed by atoms with Gasteiger partial charge in [-0.3, -0.25) is 9.79 Å². The number of nitrogens with zero attached hydrogens (tertiary/aromatic N) is 3. The molecule has 31 heavy (non-hydrogen) atoms. The molecule has 7 nitrogen and oxygen atoms in total. The Morgan fingerprint density at radius 2 is 1.84 bits per heavy atom. The molecule has 4 N–H and O–H groups in total. The molecule has 1 fully saturated rings. The third kappa shape index (κ3) is 10.1. The highest BCUT2D eigenvalue weighted by Gasteiger charge is 2.24. The molecule has 2 rings (SSSR count). The van der Waals surface area contributed by atoms with Crippen molar-refractivity contribution in [1.29, 1.82) is 0 Å². The molecule has 1 amide bonds. The number of guanidine groups is 1. The number of aromatic nitrogens is 1. The Labute approximate surface area is 205 Å². The average Bonchev–Trinajstić information content (AvgIpc) is 2.78. The van der Waals surface area contributed by atoms with E-state index in [2.05, 4.69) is 38.5 Å². The topological polar surface area (TPSA) is 95.6 Å². The van der Waals surface area contributed by atoms with Crippen molar-refractivity contribution in [2.45, 2.75) is 71.3 Å². The van der Waals surface area contributed by atoms with Gasteiger partial charge in [0.15, 0.2) is 5.96 Å². The van der Waals surface area contributed by atoms with Crippen LogP contribution >= 0.6 is 24.0 Å². The van der Waals surface area contributed by atoms with Crippen LogP contribution in [0.1, 0.15) is 70.3 Å². The van der Waals surface area contributed by atoms with E-state index in [9.17, 15) is 4.79 Å². The maximum absolute atomic E-state index is 11.4. The van der Waals surface area contributed by atoms with Crippen molar-refractivity contribution in [2.75, 3.05) is 31.6 Å². The van der Waals surface area contributed by atoms with E-state index in [0.29, 0.717) is 6.54 Å². The molecule has 0 unspecified atom stereocenters. The van der Waals surface area contributed by atoms with E-state index < -0.39 is 0 Å². The molecule has 176 valence electrons. The fourth-order valence-corrected chi connectivity index (χ4v) is 3.92. The van der Waals surface area contributed by atoms with E-state index in [0.717, 1.165) is 49.8 Å². The van der Waals surface area contributed by atoms with Gasteiger partial charge in [0.25, 0.3) is 0 Å². The third-order valence-electron chi connectivity index (χ3n) is 5.81. The first-order chi connectivity index (χ1) is 14.7. The van der Waals surface area contributed by atoms with Gasteiger partial charge in [0, 0.05) is 50.9 Å². The lowest BCUT2D eigenvalue weighted by Gasteiger charge is -2.32. The van der Waals surface area contributed by atoms with E-state index >= 15 is 0 Å². The molecule has 0 spiro atoms. The molecular weight excluding hydrogens is 503 g/mol. The largest absolute Gasteiger partial charge is 0.369 e. The van der Waals surface area contributed by atoms with Gasteiger partial charge in [0.1, 0.15) is 5.82 Å². The summed E-state index contributed by atoms with van der Waals surface area (Å²) in [5.74, 6) is 1.60. The van der Waals surface area contributed by atoms with E-state index in [1.54, 1.807) is 7.05 Å². The summed E-state index contributed by atoms with van der Waals surface area (Å²) in [6.07, 6.45) is 12.5. The number of carbonyl (C=O) groups excluding carboxylic acids is 1. The zero-order valence-electron chi connectivity index (χ0n) is 19.2. The first kappa shape index (κ1) is 27.5. The van der Waals surface area contributed by atoms with E-state index in [-0.39, 0.29) is 35.8 Å². The van der Waals surface area contributed by atoms with Gasteiger partial charge in [-0.05, 0) is 25.3 Å². The van der Waals surface area contributed by atoms with Crippen LogP contribution in [0.4, 0.5) is 5.82 Å². The van der Waals surface area contributed by atoms with Crippen molar-refractivity contribution in [1.82, 2.24) is 15.6 Å². The number of anilines is 1. The first-order valence-corrected chi connectivity index (χ1v) is 11.6. The predicted molar refractivity (Wildman–Crippen MR) is 140 cm³/mol. The number of unbranched alkanes of at least 4 members (excludes halogenated alkanes) is 6. The van der Waals surface area contributed by atoms with Crippen LogP contribution in [0.5, 0.6) is 0 Å². The van der Waals surface area contributed by atoms with Crippen molar-refractivity contribution >= 4 is 41.7 Å². The second-order valence-corrected chi connectivity index (χ2v) is 8.12. The highest BCUT2D eigenvalue weighted by atomic mass is 127. The van der Waals surface area contributed by atoms with Crippen LogP contribution in [0.15, 0.2) is 23.3 Å². The molecule has 0 aliphatic carbocycles. The van der Waals surface area contributed by atoms with Crippen molar-refractivity contribution in [3.05, 3.63) is 23.9 Å². The maximum atomic E-state index is 11.4. The van der Waals surface area contributed by atoms with Crippen molar-refractivity contribution in [3.63, 3.8) is 0 Å². The Kier molecular flexibility index (Phi) is 14.3. The number of hydrogen-bond donors (Lipinski definition) is 3. The summed E-state index contributed by atoms with van der Waals surface area (Å²) in [7, 11) is 1.80. The summed E-state index contributed by atoms with van der Waals surface area (Å²) in [6.45, 7) is 5.47. The molecule has 0 bridgehead atoms. The molecule has 0 radical (unpaired) electrons. The van der Waals surface area contributed by atoms with Gasteiger partial charge in [0.2, 0.25) is 5.91 Å². The number of halogens is 1. The van der Waals surface area contributed by atoms with Crippen molar-refractivity contribution in [3.8, 4) is 0 Å². The molecule has 8 heteroatoms. The zero-order valence-corrected chi connectivity index (χ0v) is 21.6. The summed E-state index contributed by atoms with van der Waals surface area (Å²) in [5, 5.41) is 6.82. The second kappa shape index (κ2) is 16.1. The van der Waals surface area contributed by atoms with Gasteiger partial charge in [-0.15, -0.1) is 24.0 Å². The van der Waals surface area contributed by atoms with Gasteiger partial charge in [-0.1, -0.05) is 51.5 Å². The van der Waals surface area contributed by atoms with E-state index in [4.69, 9.17) is 5.73 Å². The summed E-state index contributed by atoms with van der Waals surface area (Å²) in [4.78, 5) is 22.6. The number of aliphatic imine (C=N–C) groups is 1. The Morgan fingerprint density at radius 3 is 2.48 bits per heavy atom. The number of piperidine rings is 1. The zero-order chi connectivity index (χ0) is 21.6. The lowest BCUT2D eigenvalue weighted by atomic mass is 9.96. The van der Waals surface area contributed by atoms with Crippen molar-refractivity contribution < 1.29 is 4.79 Å². The lowest BCUT2D eigenvalue weighted by Crippen LogP contribution is -2.40. The van der Waals surface area contributed by atoms with Crippen LogP contribution in [0, 0.1) is 5.92 Å². The molecule has 0 aromatic carbocycles.